The Bertz CT molecular complexity index is 589. The average Bonchev–Trinajstić information content (AvgIpc) is 2.45. The molecule has 2 rings (SSSR count). The molecule has 110 valence electrons. The molecule has 0 aromatic heterocycles. The summed E-state index contributed by atoms with van der Waals surface area (Å²) in [6.45, 7) is 0.201. The van der Waals surface area contributed by atoms with Crippen LogP contribution in [-0.2, 0) is 6.61 Å². The zero-order chi connectivity index (χ0) is 15.3. The maximum absolute atomic E-state index is 12.0. The van der Waals surface area contributed by atoms with Crippen LogP contribution in [0.2, 0.25) is 0 Å². The van der Waals surface area contributed by atoms with Crippen LogP contribution in [0.4, 0.5) is 13.2 Å². The van der Waals surface area contributed by atoms with Gasteiger partial charge >= 0.3 is 6.36 Å². The van der Waals surface area contributed by atoms with Gasteiger partial charge in [-0.2, -0.15) is 0 Å². The number of benzene rings is 2. The van der Waals surface area contributed by atoms with Gasteiger partial charge in [-0.05, 0) is 42.0 Å². The minimum absolute atomic E-state index is 0.201. The van der Waals surface area contributed by atoms with Crippen LogP contribution in [0.25, 0.3) is 0 Å². The highest BCUT2D eigenvalue weighted by Crippen LogP contribution is 2.23. The van der Waals surface area contributed by atoms with Gasteiger partial charge in [-0.15, -0.1) is 13.2 Å². The lowest BCUT2D eigenvalue weighted by atomic mass is 10.2. The van der Waals surface area contributed by atoms with Gasteiger partial charge in [0.25, 0.3) is 0 Å². The van der Waals surface area contributed by atoms with Gasteiger partial charge in [-0.1, -0.05) is 12.1 Å². The largest absolute Gasteiger partial charge is 0.573 e. The van der Waals surface area contributed by atoms with Crippen LogP contribution in [0.15, 0.2) is 48.5 Å². The highest BCUT2D eigenvalue weighted by molar-refractivity contribution is 5.74. The van der Waals surface area contributed by atoms with Crippen LogP contribution < -0.4 is 9.47 Å². The van der Waals surface area contributed by atoms with Crippen LogP contribution >= 0.6 is 0 Å². The van der Waals surface area contributed by atoms with Crippen LogP contribution in [0.3, 0.4) is 0 Å². The van der Waals surface area contributed by atoms with Gasteiger partial charge in [0.05, 0.1) is 0 Å². The van der Waals surface area contributed by atoms with Crippen molar-refractivity contribution in [3.63, 3.8) is 0 Å². The van der Waals surface area contributed by atoms with Gasteiger partial charge in [-0.25, -0.2) is 0 Å². The second-order valence-corrected chi connectivity index (χ2v) is 4.17. The molecule has 0 aliphatic rings. The Morgan fingerprint density at radius 2 is 1.48 bits per heavy atom. The normalized spacial score (nSPS) is 11.0. The van der Waals surface area contributed by atoms with Gasteiger partial charge in [-0.3, -0.25) is 4.79 Å². The molecule has 21 heavy (non-hydrogen) atoms. The summed E-state index contributed by atoms with van der Waals surface area (Å²) in [4.78, 5) is 10.5. The third-order valence-electron chi connectivity index (χ3n) is 2.58. The molecule has 2 aromatic rings. The molecule has 0 unspecified atom stereocenters. The van der Waals surface area contributed by atoms with E-state index in [1.807, 2.05) is 0 Å². The molecule has 0 aliphatic carbocycles. The number of hydrogen-bond donors (Lipinski definition) is 0. The maximum Gasteiger partial charge on any atom is 0.573 e. The summed E-state index contributed by atoms with van der Waals surface area (Å²) >= 11 is 0. The molecule has 0 radical (unpaired) electrons. The van der Waals surface area contributed by atoms with E-state index in [-0.39, 0.29) is 12.4 Å². The Morgan fingerprint density at radius 1 is 0.905 bits per heavy atom. The third-order valence-corrected chi connectivity index (χ3v) is 2.58. The zero-order valence-electron chi connectivity index (χ0n) is 10.8. The Kier molecular flexibility index (Phi) is 4.47. The number of alkyl halides is 3. The van der Waals surface area contributed by atoms with Crippen LogP contribution in [-0.4, -0.2) is 12.6 Å². The number of carbonyl (C=O) groups is 1. The van der Waals surface area contributed by atoms with E-state index in [0.29, 0.717) is 16.9 Å². The molecule has 0 amide bonds. The van der Waals surface area contributed by atoms with Crippen molar-refractivity contribution in [3.05, 3.63) is 59.7 Å². The number of rotatable bonds is 5. The fraction of sp³-hybridized carbons (Fsp3) is 0.133. The van der Waals surface area contributed by atoms with Crippen molar-refractivity contribution in [1.29, 1.82) is 0 Å². The molecule has 0 atom stereocenters. The lowest BCUT2D eigenvalue weighted by Gasteiger charge is -2.10. The Labute approximate surface area is 118 Å². The van der Waals surface area contributed by atoms with E-state index in [1.54, 1.807) is 24.3 Å². The highest BCUT2D eigenvalue weighted by atomic mass is 19.4. The summed E-state index contributed by atoms with van der Waals surface area (Å²) in [7, 11) is 0. The van der Waals surface area contributed by atoms with E-state index < -0.39 is 6.36 Å². The minimum atomic E-state index is -4.70. The second kappa shape index (κ2) is 6.30. The second-order valence-electron chi connectivity index (χ2n) is 4.17. The van der Waals surface area contributed by atoms with E-state index in [9.17, 15) is 18.0 Å². The monoisotopic (exact) mass is 296 g/mol. The van der Waals surface area contributed by atoms with Gasteiger partial charge in [0.1, 0.15) is 24.4 Å². The predicted molar refractivity (Wildman–Crippen MR) is 69.3 cm³/mol. The van der Waals surface area contributed by atoms with E-state index >= 15 is 0 Å². The molecule has 0 bridgehead atoms. The molecule has 0 aliphatic heterocycles. The van der Waals surface area contributed by atoms with Crippen LogP contribution in [0.1, 0.15) is 15.9 Å². The van der Waals surface area contributed by atoms with Crippen molar-refractivity contribution in [2.24, 2.45) is 0 Å². The Balaban J connectivity index is 1.92. The van der Waals surface area contributed by atoms with E-state index in [1.165, 1.54) is 24.3 Å². The maximum atomic E-state index is 12.0. The van der Waals surface area contributed by atoms with Crippen molar-refractivity contribution in [1.82, 2.24) is 0 Å². The molecule has 2 aromatic carbocycles. The number of hydrogen-bond acceptors (Lipinski definition) is 3. The molecular formula is C15H11F3O3. The summed E-state index contributed by atoms with van der Waals surface area (Å²) in [6, 6.07) is 11.9. The smallest absolute Gasteiger partial charge is 0.489 e. The van der Waals surface area contributed by atoms with E-state index in [0.717, 1.165) is 6.29 Å². The van der Waals surface area contributed by atoms with Crippen molar-refractivity contribution < 1.29 is 27.4 Å². The molecule has 0 spiro atoms. The van der Waals surface area contributed by atoms with Gasteiger partial charge in [0.15, 0.2) is 0 Å². The standard InChI is InChI=1S/C15H11F3O3/c16-15(17,18)21-14-7-3-12(4-8-14)10-20-13-5-1-11(9-19)2-6-13/h1-9H,10H2. The topological polar surface area (TPSA) is 35.5 Å². The van der Waals surface area contributed by atoms with E-state index in [2.05, 4.69) is 4.74 Å². The zero-order valence-corrected chi connectivity index (χ0v) is 10.8. The number of ether oxygens (including phenoxy) is 2. The summed E-state index contributed by atoms with van der Waals surface area (Å²) in [6.07, 6.45) is -3.97. The lowest BCUT2D eigenvalue weighted by Crippen LogP contribution is -2.17. The summed E-state index contributed by atoms with van der Waals surface area (Å²) in [5.74, 6) is 0.290. The van der Waals surface area contributed by atoms with Gasteiger partial charge < -0.3 is 9.47 Å². The van der Waals surface area contributed by atoms with Crippen LogP contribution in [0.5, 0.6) is 11.5 Å². The van der Waals surface area contributed by atoms with Crippen LogP contribution in [0, 0.1) is 0 Å². The first-order valence-corrected chi connectivity index (χ1v) is 5.99. The first kappa shape index (κ1) is 14.9. The fourth-order valence-corrected chi connectivity index (χ4v) is 1.60. The summed E-state index contributed by atoms with van der Waals surface area (Å²) in [5, 5.41) is 0. The van der Waals surface area contributed by atoms with Gasteiger partial charge in [0, 0.05) is 5.56 Å². The molecular weight excluding hydrogens is 285 g/mol. The molecule has 0 saturated heterocycles. The minimum Gasteiger partial charge on any atom is -0.489 e. The first-order chi connectivity index (χ1) is 9.96. The first-order valence-electron chi connectivity index (χ1n) is 5.99. The summed E-state index contributed by atoms with van der Waals surface area (Å²) in [5.41, 5.74) is 1.24. The quantitative estimate of drug-likeness (QED) is 0.783. The molecule has 3 nitrogen and oxygen atoms in total. The number of halogens is 3. The SMILES string of the molecule is O=Cc1ccc(OCc2ccc(OC(F)(F)F)cc2)cc1. The van der Waals surface area contributed by atoms with E-state index in [4.69, 9.17) is 4.74 Å². The lowest BCUT2D eigenvalue weighted by molar-refractivity contribution is -0.274. The Morgan fingerprint density at radius 3 is 2.00 bits per heavy atom. The number of carbonyl (C=O) groups excluding carboxylic acids is 1. The molecule has 6 heteroatoms. The van der Waals surface area contributed by atoms with Gasteiger partial charge in [0.2, 0.25) is 0 Å². The Hall–Kier alpha value is -2.50. The van der Waals surface area contributed by atoms with Crippen molar-refractivity contribution in [3.8, 4) is 11.5 Å². The van der Waals surface area contributed by atoms with Crippen molar-refractivity contribution >= 4 is 6.29 Å². The molecule has 0 heterocycles. The fourth-order valence-electron chi connectivity index (χ4n) is 1.60. The third kappa shape index (κ3) is 4.83. The van der Waals surface area contributed by atoms with Crippen molar-refractivity contribution in [2.75, 3.05) is 0 Å². The predicted octanol–water partition coefficient (Wildman–Crippen LogP) is 3.98. The molecule has 0 N–H and O–H groups in total. The number of aldehydes is 1. The van der Waals surface area contributed by atoms with Crippen molar-refractivity contribution in [2.45, 2.75) is 13.0 Å². The highest BCUT2D eigenvalue weighted by Gasteiger charge is 2.30. The molecule has 0 fully saturated rings. The average molecular weight is 296 g/mol. The molecule has 0 saturated carbocycles. The summed E-state index contributed by atoms with van der Waals surface area (Å²) < 4.78 is 45.2.